The van der Waals surface area contributed by atoms with Crippen molar-refractivity contribution in [3.63, 3.8) is 0 Å². The highest BCUT2D eigenvalue weighted by molar-refractivity contribution is 7.89. The first-order chi connectivity index (χ1) is 10.1. The van der Waals surface area contributed by atoms with Gasteiger partial charge in [0.25, 0.3) is 0 Å². The van der Waals surface area contributed by atoms with Crippen LogP contribution in [0, 0.1) is 11.3 Å². The van der Waals surface area contributed by atoms with E-state index in [2.05, 4.69) is 9.71 Å². The van der Waals surface area contributed by atoms with E-state index in [0.717, 1.165) is 10.7 Å². The number of imidazole rings is 1. The van der Waals surface area contributed by atoms with Crippen LogP contribution in [0.15, 0.2) is 46.9 Å². The second-order valence-corrected chi connectivity index (χ2v) is 6.81. The molecule has 21 heavy (non-hydrogen) atoms. The van der Waals surface area contributed by atoms with Gasteiger partial charge < -0.3 is 0 Å². The third-order valence-corrected chi connectivity index (χ3v) is 5.32. The zero-order valence-corrected chi connectivity index (χ0v) is 12.4. The molecule has 0 unspecified atom stereocenters. The lowest BCUT2D eigenvalue weighted by molar-refractivity contribution is 0.580. The van der Waals surface area contributed by atoms with Crippen molar-refractivity contribution in [2.75, 3.05) is 0 Å². The summed E-state index contributed by atoms with van der Waals surface area (Å²) in [6.45, 7) is 0.137. The maximum Gasteiger partial charge on any atom is 0.242 e. The lowest BCUT2D eigenvalue weighted by Crippen LogP contribution is -2.24. The quantitative estimate of drug-likeness (QED) is 0.794. The van der Waals surface area contributed by atoms with Crippen LogP contribution in [0.25, 0.3) is 4.96 Å². The van der Waals surface area contributed by atoms with Gasteiger partial charge in [-0.1, -0.05) is 12.1 Å². The second kappa shape index (κ2) is 5.29. The number of thiazole rings is 1. The summed E-state index contributed by atoms with van der Waals surface area (Å²) in [5, 5.41) is 10.8. The van der Waals surface area contributed by atoms with Crippen LogP contribution in [0.4, 0.5) is 0 Å². The monoisotopic (exact) mass is 318 g/mol. The van der Waals surface area contributed by atoms with Crippen LogP contribution in [0.5, 0.6) is 0 Å². The Hall–Kier alpha value is -2.21. The van der Waals surface area contributed by atoms with E-state index < -0.39 is 10.0 Å². The molecule has 0 radical (unpaired) electrons. The molecule has 0 saturated heterocycles. The summed E-state index contributed by atoms with van der Waals surface area (Å²) in [4.78, 5) is 4.93. The van der Waals surface area contributed by atoms with Crippen LogP contribution < -0.4 is 4.72 Å². The average molecular weight is 318 g/mol. The molecule has 2 heterocycles. The number of aromatic nitrogens is 2. The fourth-order valence-corrected chi connectivity index (χ4v) is 3.95. The number of nitrogens with zero attached hydrogens (tertiary/aromatic N) is 3. The van der Waals surface area contributed by atoms with Crippen LogP contribution in [0.1, 0.15) is 11.3 Å². The van der Waals surface area contributed by atoms with E-state index in [1.165, 1.54) is 23.5 Å². The number of hydrogen-bond donors (Lipinski definition) is 1. The minimum absolute atomic E-state index is 0.00963. The van der Waals surface area contributed by atoms with E-state index in [4.69, 9.17) is 5.26 Å². The van der Waals surface area contributed by atoms with Crippen LogP contribution in [-0.2, 0) is 16.6 Å². The minimum atomic E-state index is -3.73. The molecule has 0 aliphatic rings. The fraction of sp³-hybridized carbons (Fsp3) is 0.0769. The van der Waals surface area contributed by atoms with Crippen molar-refractivity contribution in [1.29, 1.82) is 5.26 Å². The Morgan fingerprint density at radius 2 is 2.19 bits per heavy atom. The zero-order valence-electron chi connectivity index (χ0n) is 10.7. The van der Waals surface area contributed by atoms with Crippen molar-refractivity contribution in [2.45, 2.75) is 11.4 Å². The maximum absolute atomic E-state index is 12.3. The Balaban J connectivity index is 1.87. The van der Waals surface area contributed by atoms with Crippen molar-refractivity contribution in [3.8, 4) is 6.07 Å². The standard InChI is InChI=1S/C13H10N4O2S2/c14-7-10-3-1-2-4-12(10)21(18,19)16-8-11-9-20-13-15-5-6-17(11)13/h1-6,9,16H,8H2. The second-order valence-electron chi connectivity index (χ2n) is 4.24. The Kier molecular flexibility index (Phi) is 3.47. The van der Waals surface area contributed by atoms with Crippen molar-refractivity contribution < 1.29 is 8.42 Å². The number of nitriles is 1. The van der Waals surface area contributed by atoms with E-state index in [9.17, 15) is 8.42 Å². The highest BCUT2D eigenvalue weighted by Crippen LogP contribution is 2.17. The van der Waals surface area contributed by atoms with Gasteiger partial charge in [-0.25, -0.2) is 18.1 Å². The van der Waals surface area contributed by atoms with Crippen molar-refractivity contribution in [1.82, 2.24) is 14.1 Å². The van der Waals surface area contributed by atoms with Gasteiger partial charge in [-0.2, -0.15) is 5.26 Å². The van der Waals surface area contributed by atoms with Gasteiger partial charge in [-0.05, 0) is 12.1 Å². The molecule has 1 N–H and O–H groups in total. The summed E-state index contributed by atoms with van der Waals surface area (Å²) < 4.78 is 28.9. The first-order valence-corrected chi connectivity index (χ1v) is 8.36. The molecule has 0 fully saturated rings. The normalized spacial score (nSPS) is 11.6. The largest absolute Gasteiger partial charge is 0.293 e. The van der Waals surface area contributed by atoms with Crippen LogP contribution in [-0.4, -0.2) is 17.8 Å². The van der Waals surface area contributed by atoms with E-state index in [-0.39, 0.29) is 17.0 Å². The Morgan fingerprint density at radius 1 is 1.38 bits per heavy atom. The van der Waals surface area contributed by atoms with Gasteiger partial charge in [-0.3, -0.25) is 4.40 Å². The fourth-order valence-electron chi connectivity index (χ4n) is 1.94. The first kappa shape index (κ1) is 13.8. The highest BCUT2D eigenvalue weighted by atomic mass is 32.2. The molecular formula is C13H10N4O2S2. The molecule has 106 valence electrons. The predicted molar refractivity (Wildman–Crippen MR) is 78.3 cm³/mol. The predicted octanol–water partition coefficient (Wildman–Crippen LogP) is 1.75. The number of sulfonamides is 1. The average Bonchev–Trinajstić information content (AvgIpc) is 3.08. The molecule has 0 atom stereocenters. The van der Waals surface area contributed by atoms with Gasteiger partial charge in [0.2, 0.25) is 10.0 Å². The third kappa shape index (κ3) is 2.54. The van der Waals surface area contributed by atoms with Gasteiger partial charge in [0, 0.05) is 23.5 Å². The van der Waals surface area contributed by atoms with Crippen LogP contribution in [0.3, 0.4) is 0 Å². The summed E-state index contributed by atoms with van der Waals surface area (Å²) in [6.07, 6.45) is 3.44. The van der Waals surface area contributed by atoms with Crippen molar-refractivity contribution >= 4 is 26.3 Å². The molecule has 6 nitrogen and oxygen atoms in total. The number of nitrogens with one attached hydrogen (secondary N) is 1. The molecule has 0 saturated carbocycles. The molecule has 8 heteroatoms. The zero-order chi connectivity index (χ0) is 14.9. The summed E-state index contributed by atoms with van der Waals surface area (Å²) in [6, 6.07) is 8.01. The number of fused-ring (bicyclic) bond motifs is 1. The Bertz CT molecular complexity index is 934. The minimum Gasteiger partial charge on any atom is -0.293 e. The van der Waals surface area contributed by atoms with E-state index in [0.29, 0.717) is 0 Å². The maximum atomic E-state index is 12.3. The van der Waals surface area contributed by atoms with E-state index >= 15 is 0 Å². The van der Waals surface area contributed by atoms with E-state index in [1.54, 1.807) is 24.5 Å². The summed E-state index contributed by atoms with van der Waals surface area (Å²) in [7, 11) is -3.73. The van der Waals surface area contributed by atoms with Crippen molar-refractivity contribution in [2.24, 2.45) is 0 Å². The van der Waals surface area contributed by atoms with Gasteiger partial charge >= 0.3 is 0 Å². The third-order valence-electron chi connectivity index (χ3n) is 2.96. The highest BCUT2D eigenvalue weighted by Gasteiger charge is 2.18. The van der Waals surface area contributed by atoms with Gasteiger partial charge in [0.05, 0.1) is 17.0 Å². The van der Waals surface area contributed by atoms with Crippen LogP contribution >= 0.6 is 11.3 Å². The molecule has 2 aromatic heterocycles. The molecule has 0 aliphatic heterocycles. The van der Waals surface area contributed by atoms with Crippen LogP contribution in [0.2, 0.25) is 0 Å². The molecule has 3 aromatic rings. The molecule has 1 aromatic carbocycles. The first-order valence-electron chi connectivity index (χ1n) is 6.00. The van der Waals surface area contributed by atoms with Gasteiger partial charge in [0.1, 0.15) is 6.07 Å². The van der Waals surface area contributed by atoms with Crippen molar-refractivity contribution in [3.05, 3.63) is 53.3 Å². The SMILES string of the molecule is N#Cc1ccccc1S(=O)(=O)NCc1csc2nccn12. The molecule has 0 aliphatic carbocycles. The smallest absolute Gasteiger partial charge is 0.242 e. The Morgan fingerprint density at radius 3 is 3.00 bits per heavy atom. The molecule has 3 rings (SSSR count). The molecular weight excluding hydrogens is 308 g/mol. The molecule has 0 bridgehead atoms. The lowest BCUT2D eigenvalue weighted by atomic mass is 10.2. The summed E-state index contributed by atoms with van der Waals surface area (Å²) >= 11 is 1.44. The van der Waals surface area contributed by atoms with E-state index in [1.807, 2.05) is 15.8 Å². The number of hydrogen-bond acceptors (Lipinski definition) is 5. The molecule has 0 amide bonds. The summed E-state index contributed by atoms with van der Waals surface area (Å²) in [5.41, 5.74) is 0.925. The molecule has 0 spiro atoms. The lowest BCUT2D eigenvalue weighted by Gasteiger charge is -2.07. The number of benzene rings is 1. The summed E-state index contributed by atoms with van der Waals surface area (Å²) in [5.74, 6) is 0. The van der Waals surface area contributed by atoms with Gasteiger partial charge in [-0.15, -0.1) is 11.3 Å². The topological polar surface area (TPSA) is 87.3 Å². The van der Waals surface area contributed by atoms with Gasteiger partial charge in [0.15, 0.2) is 4.96 Å². The number of rotatable bonds is 4. The Labute approximate surface area is 125 Å².